The highest BCUT2D eigenvalue weighted by Crippen LogP contribution is 2.21. The summed E-state index contributed by atoms with van der Waals surface area (Å²) in [5.41, 5.74) is 1.50. The van der Waals surface area contributed by atoms with Gasteiger partial charge in [0.25, 0.3) is 0 Å². The number of hydrogen-bond acceptors (Lipinski definition) is 7. The molecule has 1 aliphatic rings. The summed E-state index contributed by atoms with van der Waals surface area (Å²) in [4.78, 5) is 27.0. The fraction of sp³-hybridized carbons (Fsp3) is 0.467. The first-order valence-corrected chi connectivity index (χ1v) is 8.36. The fourth-order valence-corrected chi connectivity index (χ4v) is 3.36. The second kappa shape index (κ2) is 7.12. The van der Waals surface area contributed by atoms with E-state index in [2.05, 4.69) is 25.2 Å². The highest BCUT2D eigenvalue weighted by molar-refractivity contribution is 7.13. The Hall–Kier alpha value is -1.90. The molecule has 0 radical (unpaired) electrons. The number of nitrogens with zero attached hydrogens (tertiary/aromatic N) is 4. The van der Waals surface area contributed by atoms with Crippen LogP contribution in [0.5, 0.6) is 0 Å². The number of aliphatic hydroxyl groups excluding tert-OH is 1. The summed E-state index contributed by atoms with van der Waals surface area (Å²) < 4.78 is 0. The zero-order chi connectivity index (χ0) is 16.2. The SMILES string of the molecule is CN1CC[C@@H](O)[C@H](C(=O)NCc2csc(-c3cnccn3)n2)C1. The van der Waals surface area contributed by atoms with E-state index < -0.39 is 6.10 Å². The largest absolute Gasteiger partial charge is 0.392 e. The molecule has 2 N–H and O–H groups in total. The molecular weight excluding hydrogens is 314 g/mol. The Morgan fingerprint density at radius 1 is 1.52 bits per heavy atom. The maximum atomic E-state index is 12.3. The second-order valence-corrected chi connectivity index (χ2v) is 6.54. The van der Waals surface area contributed by atoms with Gasteiger partial charge in [0, 0.05) is 30.9 Å². The molecule has 3 heterocycles. The molecule has 7 nitrogen and oxygen atoms in total. The second-order valence-electron chi connectivity index (χ2n) is 5.68. The molecule has 3 rings (SSSR count). The lowest BCUT2D eigenvalue weighted by Gasteiger charge is -2.32. The van der Waals surface area contributed by atoms with E-state index in [0.29, 0.717) is 19.5 Å². The van der Waals surface area contributed by atoms with Gasteiger partial charge in [-0.25, -0.2) is 4.98 Å². The van der Waals surface area contributed by atoms with Gasteiger partial charge in [0.05, 0.1) is 30.5 Å². The van der Waals surface area contributed by atoms with E-state index in [9.17, 15) is 9.90 Å². The third-order valence-corrected chi connectivity index (χ3v) is 4.81. The summed E-state index contributed by atoms with van der Waals surface area (Å²) in [6.07, 6.45) is 4.96. The number of rotatable bonds is 4. The van der Waals surface area contributed by atoms with Crippen molar-refractivity contribution < 1.29 is 9.90 Å². The summed E-state index contributed by atoms with van der Waals surface area (Å²) in [6.45, 7) is 1.75. The number of piperidine rings is 1. The molecule has 1 amide bonds. The molecule has 1 fully saturated rings. The fourth-order valence-electron chi connectivity index (χ4n) is 2.58. The third-order valence-electron chi connectivity index (χ3n) is 3.89. The Balaban J connectivity index is 1.58. The van der Waals surface area contributed by atoms with E-state index in [1.807, 2.05) is 12.4 Å². The summed E-state index contributed by atoms with van der Waals surface area (Å²) in [5.74, 6) is -0.509. The molecule has 23 heavy (non-hydrogen) atoms. The first-order valence-electron chi connectivity index (χ1n) is 7.48. The summed E-state index contributed by atoms with van der Waals surface area (Å²) in [6, 6.07) is 0. The third kappa shape index (κ3) is 3.90. The van der Waals surface area contributed by atoms with E-state index in [1.165, 1.54) is 11.3 Å². The zero-order valence-electron chi connectivity index (χ0n) is 12.8. The van der Waals surface area contributed by atoms with Gasteiger partial charge in [0.1, 0.15) is 10.7 Å². The minimum absolute atomic E-state index is 0.127. The smallest absolute Gasteiger partial charge is 0.227 e. The molecule has 8 heteroatoms. The van der Waals surface area contributed by atoms with Crippen molar-refractivity contribution in [3.8, 4) is 10.7 Å². The van der Waals surface area contributed by atoms with Gasteiger partial charge < -0.3 is 15.3 Å². The van der Waals surface area contributed by atoms with E-state index >= 15 is 0 Å². The molecule has 0 aromatic carbocycles. The quantitative estimate of drug-likeness (QED) is 0.848. The normalized spacial score (nSPS) is 22.0. The number of nitrogens with one attached hydrogen (secondary N) is 1. The number of carbonyl (C=O) groups is 1. The highest BCUT2D eigenvalue weighted by atomic mass is 32.1. The number of amides is 1. The summed E-state index contributed by atoms with van der Waals surface area (Å²) >= 11 is 1.47. The number of aliphatic hydroxyl groups is 1. The van der Waals surface area contributed by atoms with Gasteiger partial charge in [0.15, 0.2) is 0 Å². The van der Waals surface area contributed by atoms with Gasteiger partial charge in [0.2, 0.25) is 5.91 Å². The van der Waals surface area contributed by atoms with Gasteiger partial charge in [-0.15, -0.1) is 11.3 Å². The van der Waals surface area contributed by atoms with Crippen molar-refractivity contribution >= 4 is 17.2 Å². The first kappa shape index (κ1) is 16.0. The average Bonchev–Trinajstić information content (AvgIpc) is 3.05. The van der Waals surface area contributed by atoms with Crippen molar-refractivity contribution in [2.45, 2.75) is 19.1 Å². The molecule has 0 saturated carbocycles. The van der Waals surface area contributed by atoms with E-state index in [4.69, 9.17) is 0 Å². The Morgan fingerprint density at radius 2 is 2.39 bits per heavy atom. The number of hydrogen-bond donors (Lipinski definition) is 2. The molecule has 2 aromatic heterocycles. The lowest BCUT2D eigenvalue weighted by atomic mass is 9.94. The van der Waals surface area contributed by atoms with Crippen molar-refractivity contribution in [2.75, 3.05) is 20.1 Å². The molecule has 2 atom stereocenters. The van der Waals surface area contributed by atoms with Crippen LogP contribution in [0, 0.1) is 5.92 Å². The van der Waals surface area contributed by atoms with Gasteiger partial charge in [-0.05, 0) is 13.5 Å². The molecule has 2 aromatic rings. The molecule has 0 bridgehead atoms. The maximum Gasteiger partial charge on any atom is 0.227 e. The molecule has 1 saturated heterocycles. The Bertz CT molecular complexity index is 663. The Morgan fingerprint density at radius 3 is 3.17 bits per heavy atom. The van der Waals surface area contributed by atoms with Gasteiger partial charge in [-0.1, -0.05) is 0 Å². The number of carbonyl (C=O) groups excluding carboxylic acids is 1. The topological polar surface area (TPSA) is 91.2 Å². The lowest BCUT2D eigenvalue weighted by molar-refractivity contribution is -0.131. The van der Waals surface area contributed by atoms with Crippen LogP contribution in [0.2, 0.25) is 0 Å². The minimum Gasteiger partial charge on any atom is -0.392 e. The van der Waals surface area contributed by atoms with E-state index in [0.717, 1.165) is 22.9 Å². The van der Waals surface area contributed by atoms with Crippen LogP contribution >= 0.6 is 11.3 Å². The van der Waals surface area contributed by atoms with Crippen LogP contribution in [0.1, 0.15) is 12.1 Å². The van der Waals surface area contributed by atoms with E-state index in [1.54, 1.807) is 18.6 Å². The van der Waals surface area contributed by atoms with Crippen LogP contribution < -0.4 is 5.32 Å². The van der Waals surface area contributed by atoms with Crippen LogP contribution in [-0.2, 0) is 11.3 Å². The monoisotopic (exact) mass is 333 g/mol. The maximum absolute atomic E-state index is 12.3. The average molecular weight is 333 g/mol. The predicted molar refractivity (Wildman–Crippen MR) is 86.6 cm³/mol. The number of aromatic nitrogens is 3. The minimum atomic E-state index is -0.572. The van der Waals surface area contributed by atoms with Crippen LogP contribution in [0.15, 0.2) is 24.0 Å². The lowest BCUT2D eigenvalue weighted by Crippen LogP contribution is -2.48. The molecule has 0 aliphatic carbocycles. The van der Waals surface area contributed by atoms with Crippen molar-refractivity contribution in [1.82, 2.24) is 25.2 Å². The van der Waals surface area contributed by atoms with Gasteiger partial charge in [-0.2, -0.15) is 0 Å². The molecule has 1 aliphatic heterocycles. The van der Waals surface area contributed by atoms with Gasteiger partial charge in [-0.3, -0.25) is 14.8 Å². The van der Waals surface area contributed by atoms with Crippen LogP contribution in [0.25, 0.3) is 10.7 Å². The highest BCUT2D eigenvalue weighted by Gasteiger charge is 2.31. The summed E-state index contributed by atoms with van der Waals surface area (Å²) in [5, 5.41) is 15.5. The standard InChI is InChI=1S/C15H19N5O2S/c1-20-5-2-13(21)11(8-20)14(22)18-6-10-9-23-15(19-10)12-7-16-3-4-17-12/h3-4,7,9,11,13,21H,2,5-6,8H2,1H3,(H,18,22)/t11-,13-/m1/s1. The van der Waals surface area contributed by atoms with Gasteiger partial charge >= 0.3 is 0 Å². The molecule has 0 spiro atoms. The molecular formula is C15H19N5O2S. The van der Waals surface area contributed by atoms with Crippen LogP contribution in [0.4, 0.5) is 0 Å². The van der Waals surface area contributed by atoms with E-state index in [-0.39, 0.29) is 11.8 Å². The van der Waals surface area contributed by atoms with Crippen LogP contribution in [-0.4, -0.2) is 57.1 Å². The van der Waals surface area contributed by atoms with Crippen molar-refractivity contribution in [2.24, 2.45) is 5.92 Å². The van der Waals surface area contributed by atoms with Crippen molar-refractivity contribution in [1.29, 1.82) is 0 Å². The Labute approximate surface area is 138 Å². The molecule has 0 unspecified atom stereocenters. The number of thiazole rings is 1. The van der Waals surface area contributed by atoms with Crippen molar-refractivity contribution in [3.05, 3.63) is 29.7 Å². The Kier molecular flexibility index (Phi) is 4.94. The predicted octanol–water partition coefficient (Wildman–Crippen LogP) is 0.529. The first-order chi connectivity index (χ1) is 11.1. The number of likely N-dealkylation sites (tertiary alicyclic amines) is 1. The van der Waals surface area contributed by atoms with Crippen molar-refractivity contribution in [3.63, 3.8) is 0 Å². The molecule has 122 valence electrons. The summed E-state index contributed by atoms with van der Waals surface area (Å²) in [7, 11) is 1.96. The zero-order valence-corrected chi connectivity index (χ0v) is 13.7. The van der Waals surface area contributed by atoms with Crippen LogP contribution in [0.3, 0.4) is 0 Å².